The van der Waals surface area contributed by atoms with Crippen LogP contribution >= 0.6 is 0 Å². The first-order valence-electron chi connectivity index (χ1n) is 8.88. The Balaban J connectivity index is 1.89. The van der Waals surface area contributed by atoms with E-state index in [2.05, 4.69) is 30.4 Å². The van der Waals surface area contributed by atoms with Crippen LogP contribution in [0.5, 0.6) is 0 Å². The van der Waals surface area contributed by atoms with Crippen LogP contribution in [-0.2, 0) is 22.7 Å². The highest BCUT2D eigenvalue weighted by molar-refractivity contribution is 7.89. The van der Waals surface area contributed by atoms with Gasteiger partial charge in [-0.05, 0) is 26.0 Å². The average molecular weight is 410 g/mol. The third-order valence-electron chi connectivity index (χ3n) is 3.87. The fourth-order valence-corrected chi connectivity index (χ4v) is 3.32. The summed E-state index contributed by atoms with van der Waals surface area (Å²) in [4.78, 5) is 8.31. The first-order valence-corrected chi connectivity index (χ1v) is 10.4. The lowest BCUT2D eigenvalue weighted by Crippen LogP contribution is -2.42. The van der Waals surface area contributed by atoms with Gasteiger partial charge in [0, 0.05) is 50.8 Å². The molecule has 0 bridgehead atoms. The Morgan fingerprint density at radius 3 is 2.71 bits per heavy atom. The predicted molar refractivity (Wildman–Crippen MR) is 106 cm³/mol. The summed E-state index contributed by atoms with van der Waals surface area (Å²) in [5.41, 5.74) is -0.503. The Morgan fingerprint density at radius 2 is 2.11 bits per heavy atom. The molecular formula is C17H27N7O3S. The van der Waals surface area contributed by atoms with Gasteiger partial charge in [0.2, 0.25) is 10.0 Å². The highest BCUT2D eigenvalue weighted by Gasteiger charge is 2.24. The predicted octanol–water partition coefficient (Wildman–Crippen LogP) is -0.444. The third kappa shape index (κ3) is 6.29. The molecular weight excluding hydrogens is 382 g/mol. The average Bonchev–Trinajstić information content (AvgIpc) is 3.11. The number of aliphatic hydroxyl groups is 1. The Bertz CT molecular complexity index is 879. The normalized spacial score (nSPS) is 14.5. The first-order chi connectivity index (χ1) is 13.2. The molecule has 0 fully saturated rings. The monoisotopic (exact) mass is 409 g/mol. The molecule has 0 aromatic carbocycles. The van der Waals surface area contributed by atoms with Gasteiger partial charge in [-0.3, -0.25) is 9.67 Å². The van der Waals surface area contributed by atoms with E-state index in [9.17, 15) is 13.5 Å². The summed E-state index contributed by atoms with van der Waals surface area (Å²) in [5.74, 6) is 0.479. The summed E-state index contributed by atoms with van der Waals surface area (Å²) in [6.45, 7) is 4.82. The summed E-state index contributed by atoms with van der Waals surface area (Å²) in [7, 11) is -1.82. The van der Waals surface area contributed by atoms with Gasteiger partial charge in [-0.1, -0.05) is 0 Å². The van der Waals surface area contributed by atoms with E-state index in [0.717, 1.165) is 0 Å². The van der Waals surface area contributed by atoms with E-state index in [-0.39, 0.29) is 18.0 Å². The first kappa shape index (κ1) is 21.8. The van der Waals surface area contributed by atoms with E-state index in [0.29, 0.717) is 24.6 Å². The molecule has 2 rings (SSSR count). The van der Waals surface area contributed by atoms with Crippen molar-refractivity contribution in [3.8, 4) is 0 Å². The minimum absolute atomic E-state index is 0.114. The summed E-state index contributed by atoms with van der Waals surface area (Å²) < 4.78 is 28.4. The Kier molecular flexibility index (Phi) is 7.49. The molecule has 0 saturated heterocycles. The van der Waals surface area contributed by atoms with Crippen LogP contribution in [0, 0.1) is 0 Å². The standard InChI is InChI=1S/C17H27N7O3S/c1-4-19-16(21-13-17(2,25)14-10-22-24(3)12-14)20-8-9-23-28(26,27)15-6-5-7-18-11-15/h5-7,10-12,23,25H,4,8-9,13H2,1-3H3,(H2,19,20,21). The SMILES string of the molecule is CCNC(=NCC(C)(O)c1cnn(C)c1)NCCNS(=O)(=O)c1cccnc1. The van der Waals surface area contributed by atoms with Crippen molar-refractivity contribution in [2.45, 2.75) is 24.3 Å². The number of aryl methyl sites for hydroxylation is 1. The van der Waals surface area contributed by atoms with Gasteiger partial charge in [0.05, 0.1) is 12.7 Å². The molecule has 154 valence electrons. The van der Waals surface area contributed by atoms with Gasteiger partial charge < -0.3 is 15.7 Å². The van der Waals surface area contributed by atoms with Gasteiger partial charge in [0.1, 0.15) is 10.5 Å². The minimum atomic E-state index is -3.60. The van der Waals surface area contributed by atoms with E-state index in [1.54, 1.807) is 37.1 Å². The van der Waals surface area contributed by atoms with Gasteiger partial charge in [-0.25, -0.2) is 18.1 Å². The summed E-state index contributed by atoms with van der Waals surface area (Å²) in [6, 6.07) is 3.05. The number of hydrogen-bond acceptors (Lipinski definition) is 6. The molecule has 0 aliphatic carbocycles. The lowest BCUT2D eigenvalue weighted by Gasteiger charge is -2.20. The molecule has 0 saturated carbocycles. The quantitative estimate of drug-likeness (QED) is 0.251. The molecule has 2 aromatic rings. The van der Waals surface area contributed by atoms with Gasteiger partial charge >= 0.3 is 0 Å². The molecule has 0 amide bonds. The Labute approximate surface area is 165 Å². The van der Waals surface area contributed by atoms with Crippen LogP contribution in [0.1, 0.15) is 19.4 Å². The van der Waals surface area contributed by atoms with E-state index in [1.165, 1.54) is 18.5 Å². The molecule has 28 heavy (non-hydrogen) atoms. The van der Waals surface area contributed by atoms with E-state index in [1.807, 2.05) is 6.92 Å². The number of nitrogens with one attached hydrogen (secondary N) is 3. The molecule has 11 heteroatoms. The maximum atomic E-state index is 12.2. The van der Waals surface area contributed by atoms with Gasteiger partial charge in [0.25, 0.3) is 0 Å². The molecule has 2 heterocycles. The largest absolute Gasteiger partial charge is 0.383 e. The van der Waals surface area contributed by atoms with Crippen LogP contribution in [0.15, 0.2) is 46.8 Å². The second kappa shape index (κ2) is 9.62. The maximum absolute atomic E-state index is 12.2. The zero-order valence-corrected chi connectivity index (χ0v) is 17.1. The van der Waals surface area contributed by atoms with Crippen molar-refractivity contribution in [1.29, 1.82) is 0 Å². The number of nitrogens with zero attached hydrogens (tertiary/aromatic N) is 4. The highest BCUT2D eigenvalue weighted by Crippen LogP contribution is 2.19. The fraction of sp³-hybridized carbons (Fsp3) is 0.471. The van der Waals surface area contributed by atoms with Crippen molar-refractivity contribution in [3.05, 3.63) is 42.5 Å². The van der Waals surface area contributed by atoms with Crippen LogP contribution in [0.2, 0.25) is 0 Å². The zero-order valence-electron chi connectivity index (χ0n) is 16.3. The summed E-state index contributed by atoms with van der Waals surface area (Å²) in [6.07, 6.45) is 6.15. The van der Waals surface area contributed by atoms with Crippen molar-refractivity contribution in [1.82, 2.24) is 30.1 Å². The molecule has 0 aliphatic heterocycles. The number of pyridine rings is 1. The molecule has 0 spiro atoms. The lowest BCUT2D eigenvalue weighted by atomic mass is 10.0. The molecule has 4 N–H and O–H groups in total. The summed E-state index contributed by atoms with van der Waals surface area (Å²) in [5, 5.41) is 20.8. The number of hydrogen-bond donors (Lipinski definition) is 4. The fourth-order valence-electron chi connectivity index (χ4n) is 2.32. The van der Waals surface area contributed by atoms with Crippen molar-refractivity contribution in [3.63, 3.8) is 0 Å². The lowest BCUT2D eigenvalue weighted by molar-refractivity contribution is 0.0672. The van der Waals surface area contributed by atoms with E-state index in [4.69, 9.17) is 0 Å². The van der Waals surface area contributed by atoms with Crippen molar-refractivity contribution >= 4 is 16.0 Å². The van der Waals surface area contributed by atoms with Gasteiger partial charge in [-0.15, -0.1) is 0 Å². The maximum Gasteiger partial charge on any atom is 0.242 e. The van der Waals surface area contributed by atoms with Crippen LogP contribution in [0.4, 0.5) is 0 Å². The number of aliphatic imine (C=N–C) groups is 1. The molecule has 0 aliphatic rings. The minimum Gasteiger partial charge on any atom is -0.383 e. The smallest absolute Gasteiger partial charge is 0.242 e. The van der Waals surface area contributed by atoms with E-state index < -0.39 is 15.6 Å². The molecule has 10 nitrogen and oxygen atoms in total. The number of rotatable bonds is 9. The van der Waals surface area contributed by atoms with Crippen molar-refractivity contribution in [2.75, 3.05) is 26.2 Å². The van der Waals surface area contributed by atoms with Crippen LogP contribution in [0.25, 0.3) is 0 Å². The second-order valence-electron chi connectivity index (χ2n) is 6.38. The number of guanidine groups is 1. The number of sulfonamides is 1. The van der Waals surface area contributed by atoms with Gasteiger partial charge in [0.15, 0.2) is 5.96 Å². The van der Waals surface area contributed by atoms with Crippen molar-refractivity contribution in [2.24, 2.45) is 12.0 Å². The topological polar surface area (TPSA) is 134 Å². The highest BCUT2D eigenvalue weighted by atomic mass is 32.2. The van der Waals surface area contributed by atoms with Crippen LogP contribution in [0.3, 0.4) is 0 Å². The second-order valence-corrected chi connectivity index (χ2v) is 8.15. The third-order valence-corrected chi connectivity index (χ3v) is 5.32. The van der Waals surface area contributed by atoms with E-state index >= 15 is 0 Å². The van der Waals surface area contributed by atoms with Gasteiger partial charge in [-0.2, -0.15) is 5.10 Å². The molecule has 0 radical (unpaired) electrons. The molecule has 2 aromatic heterocycles. The van der Waals surface area contributed by atoms with Crippen LogP contribution < -0.4 is 15.4 Å². The number of aromatic nitrogens is 3. The van der Waals surface area contributed by atoms with Crippen molar-refractivity contribution < 1.29 is 13.5 Å². The molecule has 1 atom stereocenters. The van der Waals surface area contributed by atoms with Crippen LogP contribution in [-0.4, -0.2) is 60.4 Å². The Morgan fingerprint density at radius 1 is 1.32 bits per heavy atom. The zero-order chi connectivity index (χ0) is 20.6. The summed E-state index contributed by atoms with van der Waals surface area (Å²) >= 11 is 0. The molecule has 1 unspecified atom stereocenters. The Hall–Kier alpha value is -2.50.